The maximum absolute atomic E-state index is 10.1. The van der Waals surface area contributed by atoms with Gasteiger partial charge in [-0.15, -0.1) is 11.6 Å². The van der Waals surface area contributed by atoms with Crippen LogP contribution >= 0.6 is 11.6 Å². The largest absolute Gasteiger partial charge is 0.508 e. The zero-order valence-electron chi connectivity index (χ0n) is 12.0. The molecule has 1 saturated heterocycles. The van der Waals surface area contributed by atoms with Gasteiger partial charge in [0.1, 0.15) is 5.75 Å². The van der Waals surface area contributed by atoms with Crippen LogP contribution in [-0.2, 0) is 6.54 Å². The van der Waals surface area contributed by atoms with Gasteiger partial charge in [0, 0.05) is 31.4 Å². The topological polar surface area (TPSA) is 23.5 Å². The van der Waals surface area contributed by atoms with Crippen LogP contribution in [0.3, 0.4) is 0 Å². The smallest absolute Gasteiger partial charge is 0.119 e. The predicted octanol–water partition coefficient (Wildman–Crippen LogP) is 3.85. The first-order chi connectivity index (χ1) is 10.3. The number of phenolic OH excluding ortho intramolecular Hbond substituents is 1. The fourth-order valence-electron chi connectivity index (χ4n) is 3.24. The number of aromatic hydroxyl groups is 1. The second-order valence-electron chi connectivity index (χ2n) is 5.76. The molecule has 1 heterocycles. The third-order valence-electron chi connectivity index (χ3n) is 4.30. The third-order valence-corrected chi connectivity index (χ3v) is 4.70. The summed E-state index contributed by atoms with van der Waals surface area (Å²) in [6.45, 7) is 2.87. The lowest BCUT2D eigenvalue weighted by atomic mass is 9.89. The summed E-state index contributed by atoms with van der Waals surface area (Å²) in [7, 11) is 0. The van der Waals surface area contributed by atoms with Crippen molar-refractivity contribution in [2.24, 2.45) is 5.92 Å². The molecule has 0 radical (unpaired) electrons. The normalized spacial score (nSPS) is 22.5. The molecule has 2 nitrogen and oxygen atoms in total. The van der Waals surface area contributed by atoms with Crippen LogP contribution in [0.15, 0.2) is 54.6 Å². The number of hydrogen-bond donors (Lipinski definition) is 1. The van der Waals surface area contributed by atoms with Crippen molar-refractivity contribution >= 4 is 11.6 Å². The highest BCUT2D eigenvalue weighted by Crippen LogP contribution is 2.37. The molecule has 2 aromatic rings. The van der Waals surface area contributed by atoms with Crippen LogP contribution in [0.2, 0.25) is 0 Å². The number of halogens is 1. The summed E-state index contributed by atoms with van der Waals surface area (Å²) < 4.78 is 0. The van der Waals surface area contributed by atoms with Crippen molar-refractivity contribution in [2.75, 3.05) is 19.0 Å². The number of rotatable bonds is 4. The van der Waals surface area contributed by atoms with E-state index in [9.17, 15) is 5.11 Å². The Labute approximate surface area is 131 Å². The SMILES string of the molecule is Oc1ccccc1[C@@H]1CN(Cc2ccccc2)C[C@@H]1CCl. The number of alkyl halides is 1. The third kappa shape index (κ3) is 3.22. The second-order valence-corrected chi connectivity index (χ2v) is 6.07. The molecule has 1 aliphatic heterocycles. The molecule has 0 amide bonds. The monoisotopic (exact) mass is 301 g/mol. The molecule has 0 unspecified atom stereocenters. The Morgan fingerprint density at radius 1 is 1.00 bits per heavy atom. The first kappa shape index (κ1) is 14.4. The number of likely N-dealkylation sites (tertiary alicyclic amines) is 1. The van der Waals surface area contributed by atoms with Gasteiger partial charge in [-0.25, -0.2) is 0 Å². The van der Waals surface area contributed by atoms with Crippen molar-refractivity contribution in [2.45, 2.75) is 12.5 Å². The first-order valence-electron chi connectivity index (χ1n) is 7.38. The maximum atomic E-state index is 10.1. The van der Waals surface area contributed by atoms with E-state index in [2.05, 4.69) is 29.2 Å². The summed E-state index contributed by atoms with van der Waals surface area (Å²) in [6.07, 6.45) is 0. The van der Waals surface area contributed by atoms with E-state index in [0.717, 1.165) is 25.2 Å². The Morgan fingerprint density at radius 2 is 1.71 bits per heavy atom. The average molecular weight is 302 g/mol. The predicted molar refractivity (Wildman–Crippen MR) is 86.8 cm³/mol. The van der Waals surface area contributed by atoms with Crippen LogP contribution in [0.5, 0.6) is 5.75 Å². The van der Waals surface area contributed by atoms with Gasteiger partial charge in [-0.2, -0.15) is 0 Å². The van der Waals surface area contributed by atoms with E-state index in [1.807, 2.05) is 24.3 Å². The van der Waals surface area contributed by atoms with Gasteiger partial charge >= 0.3 is 0 Å². The van der Waals surface area contributed by atoms with Crippen molar-refractivity contribution in [3.05, 3.63) is 65.7 Å². The van der Waals surface area contributed by atoms with Gasteiger partial charge in [0.2, 0.25) is 0 Å². The van der Waals surface area contributed by atoms with Crippen molar-refractivity contribution in [3.63, 3.8) is 0 Å². The highest BCUT2D eigenvalue weighted by Gasteiger charge is 2.34. The minimum absolute atomic E-state index is 0.312. The zero-order chi connectivity index (χ0) is 14.7. The van der Waals surface area contributed by atoms with Crippen LogP contribution in [-0.4, -0.2) is 29.0 Å². The van der Waals surface area contributed by atoms with Crippen LogP contribution in [0, 0.1) is 5.92 Å². The van der Waals surface area contributed by atoms with E-state index in [1.54, 1.807) is 6.07 Å². The van der Waals surface area contributed by atoms with Gasteiger partial charge in [-0.05, 0) is 23.1 Å². The van der Waals surface area contributed by atoms with E-state index < -0.39 is 0 Å². The molecule has 0 bridgehead atoms. The van der Waals surface area contributed by atoms with Crippen LogP contribution in [0.25, 0.3) is 0 Å². The molecule has 3 heteroatoms. The van der Waals surface area contributed by atoms with E-state index >= 15 is 0 Å². The Morgan fingerprint density at radius 3 is 2.43 bits per heavy atom. The summed E-state index contributed by atoms with van der Waals surface area (Å²) >= 11 is 6.16. The molecule has 2 aromatic carbocycles. The molecule has 2 atom stereocenters. The number of benzene rings is 2. The standard InChI is InChI=1S/C18H20ClNO/c19-10-15-12-20(11-14-6-2-1-3-7-14)13-17(15)16-8-4-5-9-18(16)21/h1-9,15,17,21H,10-13H2/t15-,17+/m0/s1. The molecule has 1 N–H and O–H groups in total. The Balaban J connectivity index is 1.76. The summed E-state index contributed by atoms with van der Waals surface area (Å²) in [5, 5.41) is 10.1. The molecule has 1 fully saturated rings. The number of hydrogen-bond acceptors (Lipinski definition) is 2. The second kappa shape index (κ2) is 6.50. The molecular weight excluding hydrogens is 282 g/mol. The van der Waals surface area contributed by atoms with Gasteiger partial charge in [-0.3, -0.25) is 4.90 Å². The number of nitrogens with zero attached hydrogens (tertiary/aromatic N) is 1. The number of para-hydroxylation sites is 1. The van der Waals surface area contributed by atoms with Crippen LogP contribution < -0.4 is 0 Å². The lowest BCUT2D eigenvalue weighted by Gasteiger charge is -2.17. The lowest BCUT2D eigenvalue weighted by Crippen LogP contribution is -2.20. The van der Waals surface area contributed by atoms with Gasteiger partial charge in [0.15, 0.2) is 0 Å². The van der Waals surface area contributed by atoms with Crippen molar-refractivity contribution in [1.82, 2.24) is 4.90 Å². The van der Waals surface area contributed by atoms with E-state index in [-0.39, 0.29) is 0 Å². The first-order valence-corrected chi connectivity index (χ1v) is 7.91. The molecular formula is C18H20ClNO. The fraction of sp³-hybridized carbons (Fsp3) is 0.333. The van der Waals surface area contributed by atoms with Crippen molar-refractivity contribution < 1.29 is 5.11 Å². The fourth-order valence-corrected chi connectivity index (χ4v) is 3.55. The van der Waals surface area contributed by atoms with Gasteiger partial charge in [-0.1, -0.05) is 48.5 Å². The summed E-state index contributed by atoms with van der Waals surface area (Å²) in [6, 6.07) is 18.1. The molecule has 1 aliphatic rings. The van der Waals surface area contributed by atoms with E-state index in [0.29, 0.717) is 23.5 Å². The number of phenols is 1. The van der Waals surface area contributed by atoms with Gasteiger partial charge in [0.25, 0.3) is 0 Å². The molecule has 3 rings (SSSR count). The maximum Gasteiger partial charge on any atom is 0.119 e. The highest BCUT2D eigenvalue weighted by molar-refractivity contribution is 6.18. The highest BCUT2D eigenvalue weighted by atomic mass is 35.5. The molecule has 0 aliphatic carbocycles. The van der Waals surface area contributed by atoms with E-state index in [4.69, 9.17) is 11.6 Å². The zero-order valence-corrected chi connectivity index (χ0v) is 12.7. The van der Waals surface area contributed by atoms with Crippen molar-refractivity contribution in [3.8, 4) is 5.75 Å². The van der Waals surface area contributed by atoms with Gasteiger partial charge < -0.3 is 5.11 Å². The Bertz CT molecular complexity index is 587. The lowest BCUT2D eigenvalue weighted by molar-refractivity contribution is 0.319. The average Bonchev–Trinajstić information content (AvgIpc) is 2.91. The summed E-state index contributed by atoms with van der Waals surface area (Å²) in [5.41, 5.74) is 2.35. The molecule has 0 spiro atoms. The minimum Gasteiger partial charge on any atom is -0.508 e. The summed E-state index contributed by atoms with van der Waals surface area (Å²) in [4.78, 5) is 2.43. The Kier molecular flexibility index (Phi) is 4.47. The molecule has 0 aromatic heterocycles. The van der Waals surface area contributed by atoms with Crippen LogP contribution in [0.1, 0.15) is 17.0 Å². The van der Waals surface area contributed by atoms with Gasteiger partial charge in [0.05, 0.1) is 0 Å². The minimum atomic E-state index is 0.312. The van der Waals surface area contributed by atoms with E-state index in [1.165, 1.54) is 5.56 Å². The Hall–Kier alpha value is -1.51. The van der Waals surface area contributed by atoms with Crippen molar-refractivity contribution in [1.29, 1.82) is 0 Å². The van der Waals surface area contributed by atoms with Crippen LogP contribution in [0.4, 0.5) is 0 Å². The molecule has 21 heavy (non-hydrogen) atoms. The molecule has 0 saturated carbocycles. The summed E-state index contributed by atoms with van der Waals surface area (Å²) in [5.74, 6) is 1.72. The molecule has 110 valence electrons. The quantitative estimate of drug-likeness (QED) is 0.867.